The van der Waals surface area contributed by atoms with Crippen LogP contribution in [-0.4, -0.2) is 28.2 Å². The summed E-state index contributed by atoms with van der Waals surface area (Å²) in [5.74, 6) is -3.25. The molecule has 0 atom stereocenters. The van der Waals surface area contributed by atoms with E-state index in [9.17, 15) is 0 Å². The summed E-state index contributed by atoms with van der Waals surface area (Å²) in [4.78, 5) is 26.7. The SMILES string of the molecule is CC(=O)[O-].CC(=O)[O-].CC(=O)[O-].CCCCCCCCCCCC[Si+3]. The van der Waals surface area contributed by atoms with Crippen LogP contribution in [0.5, 0.6) is 0 Å². The second-order valence-corrected chi connectivity index (χ2v) is 5.91. The summed E-state index contributed by atoms with van der Waals surface area (Å²) in [7, 11) is 3.50. The molecule has 0 fully saturated rings. The molecule has 0 aromatic rings. The van der Waals surface area contributed by atoms with Crippen molar-refractivity contribution in [2.75, 3.05) is 0 Å². The van der Waals surface area contributed by atoms with E-state index < -0.39 is 17.9 Å². The van der Waals surface area contributed by atoms with Gasteiger partial charge in [0.05, 0.1) is 0 Å². The molecule has 0 aromatic carbocycles. The van der Waals surface area contributed by atoms with Crippen molar-refractivity contribution in [1.82, 2.24) is 0 Å². The number of hydrogen-bond acceptors (Lipinski definition) is 6. The second kappa shape index (κ2) is 30.5. The van der Waals surface area contributed by atoms with Gasteiger partial charge in [0.2, 0.25) is 0 Å². The molecule has 0 unspecified atom stereocenters. The summed E-state index contributed by atoms with van der Waals surface area (Å²) in [6, 6.07) is 1.18. The third-order valence-electron chi connectivity index (χ3n) is 2.53. The van der Waals surface area contributed by atoms with E-state index in [1.807, 2.05) is 0 Å². The second-order valence-electron chi connectivity index (χ2n) is 5.41. The minimum atomic E-state index is -1.08. The molecule has 0 aliphatic carbocycles. The number of rotatable bonds is 10. The average Bonchev–Trinajstić information content (AvgIpc) is 2.44. The average molecular weight is 375 g/mol. The summed E-state index contributed by atoms with van der Waals surface area (Å²) in [5.41, 5.74) is 0. The van der Waals surface area contributed by atoms with E-state index in [2.05, 4.69) is 17.2 Å². The molecule has 0 N–H and O–H groups in total. The Morgan fingerprint density at radius 2 is 0.800 bits per heavy atom. The van der Waals surface area contributed by atoms with E-state index in [0.717, 1.165) is 20.8 Å². The van der Waals surface area contributed by atoms with E-state index in [1.165, 1.54) is 70.3 Å². The molecule has 0 amide bonds. The van der Waals surface area contributed by atoms with Crippen LogP contribution in [0.3, 0.4) is 0 Å². The number of carboxylic acids is 3. The monoisotopic (exact) mass is 374 g/mol. The van der Waals surface area contributed by atoms with Gasteiger partial charge in [-0.05, 0) is 20.8 Å². The fourth-order valence-electron chi connectivity index (χ4n) is 1.61. The van der Waals surface area contributed by atoms with Crippen molar-refractivity contribution < 1.29 is 29.7 Å². The molecule has 0 bridgehead atoms. The van der Waals surface area contributed by atoms with Crippen molar-refractivity contribution in [3.05, 3.63) is 0 Å². The predicted molar refractivity (Wildman–Crippen MR) is 94.4 cm³/mol. The Balaban J connectivity index is -0.000000150. The Morgan fingerprint density at radius 3 is 1.00 bits per heavy atom. The normalized spacial score (nSPS) is 8.56. The van der Waals surface area contributed by atoms with Crippen molar-refractivity contribution in [2.45, 2.75) is 97.9 Å². The Bertz CT molecular complexity index is 245. The van der Waals surface area contributed by atoms with Crippen LogP contribution < -0.4 is 15.3 Å². The van der Waals surface area contributed by atoms with Gasteiger partial charge in [-0.1, -0.05) is 0 Å². The Labute approximate surface area is 156 Å². The first-order chi connectivity index (χ1) is 11.6. The molecule has 0 rings (SSSR count). The summed E-state index contributed by atoms with van der Waals surface area (Å²) < 4.78 is 0. The van der Waals surface area contributed by atoms with Gasteiger partial charge in [-0.2, -0.15) is 0 Å². The molecule has 0 aliphatic heterocycles. The first kappa shape index (κ1) is 31.4. The van der Waals surface area contributed by atoms with Crippen LogP contribution in [-0.2, 0) is 14.4 Å². The van der Waals surface area contributed by atoms with Crippen LogP contribution in [0.4, 0.5) is 0 Å². The van der Waals surface area contributed by atoms with Gasteiger partial charge in [-0.25, -0.2) is 0 Å². The fraction of sp³-hybridized carbons (Fsp3) is 0.833. The molecular weight excluding hydrogens is 340 g/mol. The molecule has 0 spiro atoms. The third kappa shape index (κ3) is 129. The first-order valence-corrected chi connectivity index (χ1v) is 9.49. The number of hydrogen-bond donors (Lipinski definition) is 0. The van der Waals surface area contributed by atoms with Crippen LogP contribution in [0.2, 0.25) is 6.04 Å². The summed E-state index contributed by atoms with van der Waals surface area (Å²) in [6.07, 6.45) is 14.3. The molecule has 0 aromatic heterocycles. The van der Waals surface area contributed by atoms with Gasteiger partial charge in [-0.15, -0.1) is 0 Å². The van der Waals surface area contributed by atoms with Crippen LogP contribution in [0, 0.1) is 0 Å². The molecule has 0 radical (unpaired) electrons. The van der Waals surface area contributed by atoms with Gasteiger partial charge < -0.3 is 29.7 Å². The molecule has 6 nitrogen and oxygen atoms in total. The zero-order chi connectivity index (χ0) is 20.5. The topological polar surface area (TPSA) is 120 Å². The molecule has 0 saturated heterocycles. The third-order valence-corrected chi connectivity index (χ3v) is 2.88. The quantitative estimate of drug-likeness (QED) is 0.411. The summed E-state index contributed by atoms with van der Waals surface area (Å²) in [6.45, 7) is 5.19. The molecule has 0 heterocycles. The minimum absolute atomic E-state index is 0.972. The summed E-state index contributed by atoms with van der Waals surface area (Å²) >= 11 is 0. The van der Waals surface area contributed by atoms with E-state index in [1.54, 1.807) is 0 Å². The van der Waals surface area contributed by atoms with Crippen LogP contribution in [0.15, 0.2) is 0 Å². The van der Waals surface area contributed by atoms with E-state index in [4.69, 9.17) is 29.7 Å². The van der Waals surface area contributed by atoms with Crippen molar-refractivity contribution in [1.29, 1.82) is 0 Å². The first-order valence-electron chi connectivity index (χ1n) is 8.79. The number of carbonyl (C=O) groups is 3. The number of carbonyl (C=O) groups excluding carboxylic acids is 3. The predicted octanol–water partition coefficient (Wildman–Crippen LogP) is 0.763. The van der Waals surface area contributed by atoms with Crippen LogP contribution in [0.1, 0.15) is 91.9 Å². The fourth-order valence-corrected chi connectivity index (χ4v) is 1.86. The van der Waals surface area contributed by atoms with Gasteiger partial charge in [0.25, 0.3) is 0 Å². The Kier molecular flexibility index (Phi) is 38.3. The van der Waals surface area contributed by atoms with Crippen molar-refractivity contribution in [3.8, 4) is 0 Å². The molecule has 0 aliphatic rings. The number of aliphatic carboxylic acids is 3. The zero-order valence-electron chi connectivity index (χ0n) is 16.2. The summed E-state index contributed by atoms with van der Waals surface area (Å²) in [5, 5.41) is 26.7. The van der Waals surface area contributed by atoms with Crippen molar-refractivity contribution >= 4 is 28.2 Å². The number of unbranched alkanes of at least 4 members (excludes halogenated alkanes) is 9. The molecule has 0 saturated carbocycles. The van der Waals surface area contributed by atoms with Crippen LogP contribution in [0.25, 0.3) is 0 Å². The number of carboxylic acid groups (broad SMARTS) is 3. The van der Waals surface area contributed by atoms with E-state index in [-0.39, 0.29) is 0 Å². The standard InChI is InChI=1S/C12H25Si.3C2H4O2/c1-2-3-4-5-6-7-8-9-10-11-12-13;3*1-2(3)4/h2-12H2,1H3;3*1H3,(H,3,4)/q+3;;;/p-3. The van der Waals surface area contributed by atoms with E-state index in [0.29, 0.717) is 0 Å². The maximum absolute atomic E-state index is 8.89. The van der Waals surface area contributed by atoms with Crippen molar-refractivity contribution in [3.63, 3.8) is 0 Å². The van der Waals surface area contributed by atoms with Gasteiger partial charge in [0, 0.05) is 17.9 Å². The van der Waals surface area contributed by atoms with E-state index >= 15 is 0 Å². The van der Waals surface area contributed by atoms with Crippen LogP contribution >= 0.6 is 0 Å². The zero-order valence-corrected chi connectivity index (χ0v) is 17.2. The Morgan fingerprint density at radius 1 is 0.600 bits per heavy atom. The van der Waals surface area contributed by atoms with Gasteiger partial charge in [0.15, 0.2) is 0 Å². The maximum atomic E-state index is 8.89. The molecule has 7 heteroatoms. The molecular formula is C18H34O6Si. The Hall–Kier alpha value is -1.37. The molecule has 25 heavy (non-hydrogen) atoms. The molecule has 146 valence electrons. The van der Waals surface area contributed by atoms with Gasteiger partial charge >= 0.3 is 87.4 Å². The van der Waals surface area contributed by atoms with Gasteiger partial charge in [-0.3, -0.25) is 0 Å². The van der Waals surface area contributed by atoms with Crippen molar-refractivity contribution in [2.24, 2.45) is 0 Å². The van der Waals surface area contributed by atoms with Gasteiger partial charge in [0.1, 0.15) is 0 Å².